The predicted molar refractivity (Wildman–Crippen MR) is 101 cm³/mol. The van der Waals surface area contributed by atoms with Gasteiger partial charge in [0.1, 0.15) is 0 Å². The van der Waals surface area contributed by atoms with E-state index in [1.54, 1.807) is 0 Å². The summed E-state index contributed by atoms with van der Waals surface area (Å²) in [6.07, 6.45) is 0.860. The fourth-order valence-corrected chi connectivity index (χ4v) is 5.22. The molecule has 6 nitrogen and oxygen atoms in total. The van der Waals surface area contributed by atoms with Gasteiger partial charge in [-0.2, -0.15) is 0 Å². The Bertz CT molecular complexity index is 581. The fourth-order valence-electron chi connectivity index (χ4n) is 4.02. The van der Waals surface area contributed by atoms with Crippen LogP contribution in [-0.4, -0.2) is 90.4 Å². The van der Waals surface area contributed by atoms with Gasteiger partial charge in [-0.1, -0.05) is 0 Å². The smallest absolute Gasteiger partial charge is 0.237 e. The van der Waals surface area contributed by atoms with Gasteiger partial charge in [-0.15, -0.1) is 0 Å². The second-order valence-corrected chi connectivity index (χ2v) is 11.3. The van der Waals surface area contributed by atoms with Gasteiger partial charge in [0.05, 0.1) is 18.1 Å². The maximum Gasteiger partial charge on any atom is 0.237 e. The molecule has 0 radical (unpaired) electrons. The van der Waals surface area contributed by atoms with Crippen LogP contribution in [0.25, 0.3) is 0 Å². The molecule has 2 rings (SSSR count). The number of rotatable bonds is 4. The minimum atomic E-state index is -2.88. The van der Waals surface area contributed by atoms with Crippen LogP contribution in [0, 0.1) is 0 Å². The van der Waals surface area contributed by atoms with Crippen molar-refractivity contribution in [1.82, 2.24) is 14.7 Å². The summed E-state index contributed by atoms with van der Waals surface area (Å²) < 4.78 is 23.4. The largest absolute Gasteiger partial charge is 0.338 e. The molecule has 0 aromatic heterocycles. The zero-order valence-electron chi connectivity index (χ0n) is 16.7. The van der Waals surface area contributed by atoms with Gasteiger partial charge < -0.3 is 4.90 Å². The topological polar surface area (TPSA) is 60.9 Å². The van der Waals surface area contributed by atoms with Crippen molar-refractivity contribution in [3.8, 4) is 0 Å². The SMILES string of the molecule is CCN1C(=O)CN(C(C)(C)C)CC1CC(C)(C)N1CCS(=O)(=O)CC1. The minimum Gasteiger partial charge on any atom is -0.338 e. The molecule has 0 aliphatic carbocycles. The number of sulfone groups is 1. The van der Waals surface area contributed by atoms with Crippen molar-refractivity contribution in [3.05, 3.63) is 0 Å². The lowest BCUT2D eigenvalue weighted by molar-refractivity contribution is -0.143. The number of piperazine rings is 1. The van der Waals surface area contributed by atoms with Gasteiger partial charge in [0.25, 0.3) is 0 Å². The number of hydrogen-bond donors (Lipinski definition) is 0. The normalized spacial score (nSPS) is 26.9. The van der Waals surface area contributed by atoms with Crippen LogP contribution in [0.4, 0.5) is 0 Å². The van der Waals surface area contributed by atoms with Gasteiger partial charge in [-0.25, -0.2) is 8.42 Å². The monoisotopic (exact) mass is 373 g/mol. The second-order valence-electron chi connectivity index (χ2n) is 9.04. The van der Waals surface area contributed by atoms with E-state index in [9.17, 15) is 13.2 Å². The number of amides is 1. The summed E-state index contributed by atoms with van der Waals surface area (Å²) in [6.45, 7) is 16.1. The highest BCUT2D eigenvalue weighted by molar-refractivity contribution is 7.91. The van der Waals surface area contributed by atoms with Gasteiger partial charge >= 0.3 is 0 Å². The summed E-state index contributed by atoms with van der Waals surface area (Å²) in [7, 11) is -2.88. The van der Waals surface area contributed by atoms with E-state index in [1.165, 1.54) is 0 Å². The molecule has 1 atom stereocenters. The van der Waals surface area contributed by atoms with E-state index in [1.807, 2.05) is 11.8 Å². The number of carbonyl (C=O) groups is 1. The van der Waals surface area contributed by atoms with Crippen LogP contribution in [0.2, 0.25) is 0 Å². The first-order valence-corrected chi connectivity index (χ1v) is 11.2. The van der Waals surface area contributed by atoms with Crippen LogP contribution in [0.1, 0.15) is 48.0 Å². The minimum absolute atomic E-state index is 0.0307. The lowest BCUT2D eigenvalue weighted by Gasteiger charge is -2.50. The fraction of sp³-hybridized carbons (Fsp3) is 0.944. The van der Waals surface area contributed by atoms with Gasteiger partial charge in [-0.3, -0.25) is 14.6 Å². The van der Waals surface area contributed by atoms with E-state index in [4.69, 9.17) is 0 Å². The van der Waals surface area contributed by atoms with Crippen molar-refractivity contribution in [2.24, 2.45) is 0 Å². The highest BCUT2D eigenvalue weighted by atomic mass is 32.2. The van der Waals surface area contributed by atoms with Crippen molar-refractivity contribution in [2.45, 2.75) is 65.1 Å². The van der Waals surface area contributed by atoms with Crippen LogP contribution in [-0.2, 0) is 14.6 Å². The average molecular weight is 374 g/mol. The third-order valence-corrected chi connectivity index (χ3v) is 7.35. The van der Waals surface area contributed by atoms with Crippen LogP contribution in [0.3, 0.4) is 0 Å². The molecular weight excluding hydrogens is 338 g/mol. The maximum absolute atomic E-state index is 12.6. The van der Waals surface area contributed by atoms with Crippen molar-refractivity contribution in [3.63, 3.8) is 0 Å². The van der Waals surface area contributed by atoms with Crippen molar-refractivity contribution < 1.29 is 13.2 Å². The molecule has 0 aromatic rings. The molecular formula is C18H35N3O3S. The van der Waals surface area contributed by atoms with E-state index in [-0.39, 0.29) is 34.5 Å². The first-order valence-electron chi connectivity index (χ1n) is 9.36. The Kier molecular flexibility index (Phi) is 5.91. The van der Waals surface area contributed by atoms with E-state index >= 15 is 0 Å². The molecule has 2 fully saturated rings. The molecule has 0 saturated carbocycles. The standard InChI is InChI=1S/C18H35N3O3S/c1-7-21-15(13-20(14-16(21)22)17(2,3)4)12-18(5,6)19-8-10-25(23,24)11-9-19/h15H,7-14H2,1-6H3. The number of nitrogens with zero attached hydrogens (tertiary/aromatic N) is 3. The molecule has 0 N–H and O–H groups in total. The van der Waals surface area contributed by atoms with Gasteiger partial charge in [0.2, 0.25) is 5.91 Å². The Balaban J connectivity index is 2.12. The Morgan fingerprint density at radius 2 is 1.60 bits per heavy atom. The molecule has 2 saturated heterocycles. The lowest BCUT2D eigenvalue weighted by atomic mass is 9.89. The van der Waals surface area contributed by atoms with Crippen LogP contribution in [0.15, 0.2) is 0 Å². The molecule has 0 bridgehead atoms. The Morgan fingerprint density at radius 3 is 2.08 bits per heavy atom. The first-order chi connectivity index (χ1) is 11.4. The van der Waals surface area contributed by atoms with E-state index in [2.05, 4.69) is 44.4 Å². The van der Waals surface area contributed by atoms with Gasteiger partial charge in [-0.05, 0) is 48.0 Å². The molecule has 0 spiro atoms. The molecule has 1 unspecified atom stereocenters. The zero-order valence-corrected chi connectivity index (χ0v) is 17.5. The van der Waals surface area contributed by atoms with Crippen molar-refractivity contribution in [1.29, 1.82) is 0 Å². The summed E-state index contributed by atoms with van der Waals surface area (Å²) in [5.41, 5.74) is -0.160. The summed E-state index contributed by atoms with van der Waals surface area (Å²) >= 11 is 0. The molecule has 2 aliphatic rings. The van der Waals surface area contributed by atoms with E-state index in [0.29, 0.717) is 19.6 Å². The number of carbonyl (C=O) groups excluding carboxylic acids is 1. The second kappa shape index (κ2) is 7.16. The van der Waals surface area contributed by atoms with Crippen LogP contribution < -0.4 is 0 Å². The zero-order chi connectivity index (χ0) is 19.0. The quantitative estimate of drug-likeness (QED) is 0.741. The molecule has 0 aromatic carbocycles. The average Bonchev–Trinajstić information content (AvgIpc) is 2.45. The number of hydrogen-bond acceptors (Lipinski definition) is 5. The Morgan fingerprint density at radius 1 is 1.04 bits per heavy atom. The highest BCUT2D eigenvalue weighted by Crippen LogP contribution is 2.29. The van der Waals surface area contributed by atoms with Crippen molar-refractivity contribution >= 4 is 15.7 Å². The van der Waals surface area contributed by atoms with Gasteiger partial charge in [0.15, 0.2) is 9.84 Å². The van der Waals surface area contributed by atoms with E-state index in [0.717, 1.165) is 19.5 Å². The molecule has 2 aliphatic heterocycles. The summed E-state index contributed by atoms with van der Waals surface area (Å²) in [6, 6.07) is 0.166. The third kappa shape index (κ3) is 4.95. The molecule has 1 amide bonds. The third-order valence-electron chi connectivity index (χ3n) is 5.74. The van der Waals surface area contributed by atoms with Crippen molar-refractivity contribution in [2.75, 3.05) is 44.2 Å². The molecule has 25 heavy (non-hydrogen) atoms. The first kappa shape index (κ1) is 20.6. The molecule has 2 heterocycles. The lowest BCUT2D eigenvalue weighted by Crippen LogP contribution is -2.63. The number of likely N-dealkylation sites (N-methyl/N-ethyl adjacent to an activating group) is 1. The van der Waals surface area contributed by atoms with Crippen LogP contribution >= 0.6 is 0 Å². The predicted octanol–water partition coefficient (Wildman–Crippen LogP) is 1.22. The molecule has 146 valence electrons. The Labute approximate surface area is 153 Å². The van der Waals surface area contributed by atoms with Gasteiger partial charge in [0, 0.05) is 43.3 Å². The van der Waals surface area contributed by atoms with E-state index < -0.39 is 9.84 Å². The molecule has 7 heteroatoms. The summed E-state index contributed by atoms with van der Waals surface area (Å²) in [4.78, 5) is 19.2. The summed E-state index contributed by atoms with van der Waals surface area (Å²) in [5, 5.41) is 0. The maximum atomic E-state index is 12.6. The Hall–Kier alpha value is -0.660. The summed E-state index contributed by atoms with van der Waals surface area (Å²) in [5.74, 6) is 0.683. The highest BCUT2D eigenvalue weighted by Gasteiger charge is 2.41. The van der Waals surface area contributed by atoms with Crippen LogP contribution in [0.5, 0.6) is 0 Å².